The lowest BCUT2D eigenvalue weighted by atomic mass is 10.0. The number of ether oxygens (including phenoxy) is 3. The van der Waals surface area contributed by atoms with Crippen LogP contribution in [0.1, 0.15) is 11.1 Å². The molecule has 2 aromatic carbocycles. The summed E-state index contributed by atoms with van der Waals surface area (Å²) in [7, 11) is 8.16. The summed E-state index contributed by atoms with van der Waals surface area (Å²) in [6.07, 6.45) is 3.47. The largest absolute Gasteiger partial charge is 0.497 e. The van der Waals surface area contributed by atoms with Crippen LogP contribution in [0.3, 0.4) is 0 Å². The van der Waals surface area contributed by atoms with Gasteiger partial charge in [-0.05, 0) is 42.4 Å². The summed E-state index contributed by atoms with van der Waals surface area (Å²) in [5.41, 5.74) is 3.61. The van der Waals surface area contributed by atoms with Gasteiger partial charge in [0.2, 0.25) is 0 Å². The quantitative estimate of drug-likeness (QED) is 0.350. The maximum absolute atomic E-state index is 13.2. The van der Waals surface area contributed by atoms with Crippen LogP contribution in [0.25, 0.3) is 22.0 Å². The summed E-state index contributed by atoms with van der Waals surface area (Å²) < 4.78 is 19.8. The van der Waals surface area contributed by atoms with E-state index in [2.05, 4.69) is 5.10 Å². The maximum Gasteiger partial charge on any atom is 0.317 e. The Hall–Kier alpha value is -4.31. The molecule has 0 aliphatic heterocycles. The van der Waals surface area contributed by atoms with E-state index in [9.17, 15) is 9.59 Å². The topological polar surface area (TPSA) is 108 Å². The average Bonchev–Trinajstić information content (AvgIpc) is 3.30. The van der Waals surface area contributed by atoms with E-state index >= 15 is 0 Å². The highest BCUT2D eigenvalue weighted by Crippen LogP contribution is 2.37. The van der Waals surface area contributed by atoms with Gasteiger partial charge in [-0.25, -0.2) is 0 Å². The highest BCUT2D eigenvalue weighted by Gasteiger charge is 2.20. The second kappa shape index (κ2) is 10.8. The molecule has 10 nitrogen and oxygen atoms in total. The normalized spacial score (nSPS) is 11.2. The van der Waals surface area contributed by atoms with Crippen LogP contribution in [0.4, 0.5) is 0 Å². The summed E-state index contributed by atoms with van der Waals surface area (Å²) in [5, 5.41) is 14.4. The van der Waals surface area contributed by atoms with Crippen molar-refractivity contribution < 1.29 is 24.1 Å². The number of carboxylic acid groups (broad SMARTS) is 1. The third-order valence-electron chi connectivity index (χ3n) is 6.22. The number of rotatable bonds is 10. The molecule has 4 aromatic rings. The third kappa shape index (κ3) is 5.29. The van der Waals surface area contributed by atoms with Crippen molar-refractivity contribution in [2.24, 2.45) is 7.05 Å². The van der Waals surface area contributed by atoms with Gasteiger partial charge in [0, 0.05) is 30.7 Å². The molecule has 0 bridgehead atoms. The van der Waals surface area contributed by atoms with Crippen LogP contribution in [0.5, 0.6) is 17.2 Å². The van der Waals surface area contributed by atoms with E-state index in [0.717, 1.165) is 28.0 Å². The van der Waals surface area contributed by atoms with Crippen molar-refractivity contribution in [1.82, 2.24) is 19.2 Å². The van der Waals surface area contributed by atoms with Crippen LogP contribution in [0.15, 0.2) is 53.6 Å². The van der Waals surface area contributed by atoms with Gasteiger partial charge in [0.25, 0.3) is 5.56 Å². The van der Waals surface area contributed by atoms with Gasteiger partial charge in [0.05, 0.1) is 46.2 Å². The van der Waals surface area contributed by atoms with Crippen LogP contribution < -0.4 is 19.8 Å². The molecule has 0 atom stereocenters. The Bertz CT molecular complexity index is 1460. The van der Waals surface area contributed by atoms with Gasteiger partial charge in [-0.15, -0.1) is 0 Å². The smallest absolute Gasteiger partial charge is 0.317 e. The number of aliphatic carboxylic acids is 1. The zero-order valence-corrected chi connectivity index (χ0v) is 21.5. The van der Waals surface area contributed by atoms with Crippen molar-refractivity contribution in [3.8, 4) is 28.4 Å². The van der Waals surface area contributed by atoms with E-state index in [-0.39, 0.29) is 12.1 Å². The number of hydrogen-bond donors (Lipinski definition) is 1. The van der Waals surface area contributed by atoms with E-state index < -0.39 is 5.97 Å². The van der Waals surface area contributed by atoms with Gasteiger partial charge >= 0.3 is 5.97 Å². The molecule has 0 saturated heterocycles. The molecule has 4 rings (SSSR count). The highest BCUT2D eigenvalue weighted by atomic mass is 16.5. The van der Waals surface area contributed by atoms with Gasteiger partial charge in [0.15, 0.2) is 0 Å². The number of methoxy groups -OCH3 is 3. The molecule has 2 heterocycles. The third-order valence-corrected chi connectivity index (χ3v) is 6.22. The van der Waals surface area contributed by atoms with Crippen LogP contribution >= 0.6 is 0 Å². The van der Waals surface area contributed by atoms with Crippen molar-refractivity contribution in [3.63, 3.8) is 0 Å². The fourth-order valence-corrected chi connectivity index (χ4v) is 4.40. The maximum atomic E-state index is 13.2. The van der Waals surface area contributed by atoms with E-state index in [1.54, 1.807) is 57.4 Å². The van der Waals surface area contributed by atoms with Crippen molar-refractivity contribution >= 4 is 16.9 Å². The van der Waals surface area contributed by atoms with Crippen LogP contribution in [0, 0.1) is 0 Å². The SMILES string of the molecule is COc1ccc(Cn2ncc3c(-c4cc(OC)c(CN(C)CC(=O)O)c(OC)c4)cn(C)c(=O)c32)cc1. The Kier molecular flexibility index (Phi) is 7.49. The van der Waals surface area contributed by atoms with Crippen LogP contribution in [-0.4, -0.2) is 65.2 Å². The Morgan fingerprint density at radius 1 is 1.05 bits per heavy atom. The molecular formula is C27H30N4O6. The molecule has 1 N–H and O–H groups in total. The van der Waals surface area contributed by atoms with E-state index in [1.165, 1.54) is 4.57 Å². The summed E-state index contributed by atoms with van der Waals surface area (Å²) in [6, 6.07) is 11.4. The number of nitrogens with zero attached hydrogens (tertiary/aromatic N) is 4. The predicted molar refractivity (Wildman–Crippen MR) is 140 cm³/mol. The zero-order valence-electron chi connectivity index (χ0n) is 21.5. The molecule has 0 radical (unpaired) electrons. The monoisotopic (exact) mass is 506 g/mol. The number of carbonyl (C=O) groups is 1. The van der Waals surface area contributed by atoms with Gasteiger partial charge < -0.3 is 23.9 Å². The second-order valence-electron chi connectivity index (χ2n) is 8.80. The molecule has 2 aromatic heterocycles. The van der Waals surface area contributed by atoms with Gasteiger partial charge in [-0.3, -0.25) is 19.2 Å². The van der Waals surface area contributed by atoms with Crippen molar-refractivity contribution in [2.75, 3.05) is 34.9 Å². The number of pyridine rings is 1. The van der Waals surface area contributed by atoms with Crippen LogP contribution in [-0.2, 0) is 24.9 Å². The van der Waals surface area contributed by atoms with E-state index in [4.69, 9.17) is 19.3 Å². The molecule has 0 saturated carbocycles. The Balaban J connectivity index is 1.80. The Labute approximate surface area is 214 Å². The zero-order chi connectivity index (χ0) is 26.7. The Morgan fingerprint density at radius 3 is 2.27 bits per heavy atom. The molecule has 0 fully saturated rings. The minimum absolute atomic E-state index is 0.122. The van der Waals surface area contributed by atoms with Crippen molar-refractivity contribution in [1.29, 1.82) is 0 Å². The Morgan fingerprint density at radius 2 is 1.70 bits per heavy atom. The molecule has 194 valence electrons. The first-order valence-corrected chi connectivity index (χ1v) is 11.6. The first-order chi connectivity index (χ1) is 17.7. The first-order valence-electron chi connectivity index (χ1n) is 11.6. The summed E-state index contributed by atoms with van der Waals surface area (Å²) in [6.45, 7) is 0.623. The predicted octanol–water partition coefficient (Wildman–Crippen LogP) is 2.99. The lowest BCUT2D eigenvalue weighted by molar-refractivity contribution is -0.138. The number of fused-ring (bicyclic) bond motifs is 1. The number of likely N-dealkylation sites (N-methyl/N-ethyl adjacent to an activating group) is 1. The minimum atomic E-state index is -0.920. The number of carboxylic acids is 1. The van der Waals surface area contributed by atoms with Crippen molar-refractivity contribution in [3.05, 3.63) is 70.3 Å². The molecule has 0 aliphatic carbocycles. The summed E-state index contributed by atoms with van der Waals surface area (Å²) >= 11 is 0. The summed E-state index contributed by atoms with van der Waals surface area (Å²) in [5.74, 6) is 0.947. The molecule has 0 unspecified atom stereocenters. The van der Waals surface area contributed by atoms with E-state index in [0.29, 0.717) is 35.5 Å². The lowest BCUT2D eigenvalue weighted by Crippen LogP contribution is -2.25. The number of hydrogen-bond acceptors (Lipinski definition) is 7. The molecule has 0 aliphatic rings. The van der Waals surface area contributed by atoms with Gasteiger partial charge in [0.1, 0.15) is 22.8 Å². The molecule has 10 heteroatoms. The lowest BCUT2D eigenvalue weighted by Gasteiger charge is -2.20. The molecule has 0 amide bonds. The van der Waals surface area contributed by atoms with Gasteiger partial charge in [-0.2, -0.15) is 5.10 Å². The standard InChI is InChI=1S/C27H30N4O6/c1-29(16-25(32)33)14-22-23(36-4)10-18(11-24(22)37-5)21-15-30(2)27(34)26-20(21)12-28-31(26)13-17-6-8-19(35-3)9-7-17/h6-12,15H,13-14,16H2,1-5H3,(H,32,33). The fourth-order valence-electron chi connectivity index (χ4n) is 4.40. The highest BCUT2D eigenvalue weighted by molar-refractivity contribution is 5.94. The molecule has 0 spiro atoms. The molecule has 37 heavy (non-hydrogen) atoms. The molecular weight excluding hydrogens is 476 g/mol. The minimum Gasteiger partial charge on any atom is -0.497 e. The number of aromatic nitrogens is 3. The van der Waals surface area contributed by atoms with Gasteiger partial charge in [-0.1, -0.05) is 12.1 Å². The van der Waals surface area contributed by atoms with Crippen LogP contribution in [0.2, 0.25) is 0 Å². The number of benzene rings is 2. The first kappa shape index (κ1) is 25.8. The van der Waals surface area contributed by atoms with E-state index in [1.807, 2.05) is 36.4 Å². The second-order valence-corrected chi connectivity index (χ2v) is 8.80. The van der Waals surface area contributed by atoms with Crippen molar-refractivity contribution in [2.45, 2.75) is 13.1 Å². The number of aryl methyl sites for hydroxylation is 1. The average molecular weight is 507 g/mol. The fraction of sp³-hybridized carbons (Fsp3) is 0.296. The summed E-state index contributed by atoms with van der Waals surface area (Å²) in [4.78, 5) is 26.0.